The van der Waals surface area contributed by atoms with Crippen LogP contribution in [0.2, 0.25) is 0 Å². The summed E-state index contributed by atoms with van der Waals surface area (Å²) in [7, 11) is -3.69. The Labute approximate surface area is 147 Å². The number of amides is 3. The van der Waals surface area contributed by atoms with E-state index in [-0.39, 0.29) is 29.9 Å². The average molecular weight is 366 g/mol. The monoisotopic (exact) mass is 366 g/mol. The van der Waals surface area contributed by atoms with Gasteiger partial charge < -0.3 is 15.5 Å². The smallest absolute Gasteiger partial charge is 0.317 e. The van der Waals surface area contributed by atoms with Crippen molar-refractivity contribution in [3.05, 3.63) is 29.3 Å². The fraction of sp³-hybridized carbons (Fsp3) is 0.500. The van der Waals surface area contributed by atoms with Gasteiger partial charge in [0.05, 0.1) is 4.90 Å². The SMILES string of the molecule is CCNC(=O)N1CCN(S(=O)(=O)c2ccc3c(c2)C(=O)NCC3)CC1. The highest BCUT2D eigenvalue weighted by Crippen LogP contribution is 2.23. The molecule has 1 fully saturated rings. The number of benzene rings is 1. The molecule has 3 rings (SSSR count). The number of nitrogens with one attached hydrogen (secondary N) is 2. The molecule has 2 aliphatic rings. The van der Waals surface area contributed by atoms with Crippen molar-refractivity contribution in [1.29, 1.82) is 0 Å². The molecular weight excluding hydrogens is 344 g/mol. The van der Waals surface area contributed by atoms with Crippen LogP contribution in [0.25, 0.3) is 0 Å². The van der Waals surface area contributed by atoms with E-state index >= 15 is 0 Å². The highest BCUT2D eigenvalue weighted by atomic mass is 32.2. The lowest BCUT2D eigenvalue weighted by atomic mass is 10.0. The van der Waals surface area contributed by atoms with Gasteiger partial charge in [0.25, 0.3) is 5.91 Å². The van der Waals surface area contributed by atoms with Gasteiger partial charge >= 0.3 is 6.03 Å². The van der Waals surface area contributed by atoms with Gasteiger partial charge in [-0.3, -0.25) is 4.79 Å². The van der Waals surface area contributed by atoms with E-state index in [9.17, 15) is 18.0 Å². The Morgan fingerprint density at radius 1 is 1.24 bits per heavy atom. The summed E-state index contributed by atoms with van der Waals surface area (Å²) in [5.74, 6) is -0.237. The summed E-state index contributed by atoms with van der Waals surface area (Å²) < 4.78 is 27.1. The summed E-state index contributed by atoms with van der Waals surface area (Å²) in [6.07, 6.45) is 0.701. The minimum Gasteiger partial charge on any atom is -0.352 e. The number of carbonyl (C=O) groups is 2. The maximum Gasteiger partial charge on any atom is 0.317 e. The fourth-order valence-electron chi connectivity index (χ4n) is 3.09. The number of nitrogens with zero attached hydrogens (tertiary/aromatic N) is 2. The molecule has 8 nitrogen and oxygen atoms in total. The topological polar surface area (TPSA) is 98.8 Å². The van der Waals surface area contributed by atoms with Crippen LogP contribution in [0.4, 0.5) is 4.79 Å². The molecule has 2 heterocycles. The number of hydrogen-bond donors (Lipinski definition) is 2. The van der Waals surface area contributed by atoms with E-state index in [1.54, 1.807) is 17.0 Å². The first-order chi connectivity index (χ1) is 11.9. The van der Waals surface area contributed by atoms with Crippen LogP contribution in [-0.4, -0.2) is 68.8 Å². The van der Waals surface area contributed by atoms with Gasteiger partial charge in [0.15, 0.2) is 0 Å². The van der Waals surface area contributed by atoms with Gasteiger partial charge in [-0.05, 0) is 31.0 Å². The van der Waals surface area contributed by atoms with Crippen molar-refractivity contribution < 1.29 is 18.0 Å². The first-order valence-electron chi connectivity index (χ1n) is 8.37. The van der Waals surface area contributed by atoms with Crippen molar-refractivity contribution in [2.45, 2.75) is 18.2 Å². The third-order valence-electron chi connectivity index (χ3n) is 4.50. The molecule has 2 aliphatic heterocycles. The van der Waals surface area contributed by atoms with Gasteiger partial charge in [-0.15, -0.1) is 0 Å². The number of sulfonamides is 1. The lowest BCUT2D eigenvalue weighted by Crippen LogP contribution is -2.53. The Hall–Kier alpha value is -2.13. The Bertz CT molecular complexity index is 785. The lowest BCUT2D eigenvalue weighted by Gasteiger charge is -2.34. The second kappa shape index (κ2) is 7.01. The number of piperazine rings is 1. The fourth-order valence-corrected chi connectivity index (χ4v) is 4.54. The van der Waals surface area contributed by atoms with Gasteiger partial charge in [0, 0.05) is 44.8 Å². The van der Waals surface area contributed by atoms with Crippen molar-refractivity contribution in [3.63, 3.8) is 0 Å². The average Bonchev–Trinajstić information content (AvgIpc) is 2.62. The van der Waals surface area contributed by atoms with Gasteiger partial charge in [-0.25, -0.2) is 13.2 Å². The van der Waals surface area contributed by atoms with E-state index in [1.807, 2.05) is 6.92 Å². The van der Waals surface area contributed by atoms with Crippen molar-refractivity contribution >= 4 is 22.0 Å². The van der Waals surface area contributed by atoms with Crippen molar-refractivity contribution in [1.82, 2.24) is 19.8 Å². The summed E-state index contributed by atoms with van der Waals surface area (Å²) >= 11 is 0. The molecule has 1 aromatic rings. The van der Waals surface area contributed by atoms with Crippen molar-refractivity contribution in [3.8, 4) is 0 Å². The second-order valence-electron chi connectivity index (χ2n) is 6.05. The van der Waals surface area contributed by atoms with Crippen LogP contribution in [-0.2, 0) is 16.4 Å². The first kappa shape index (κ1) is 17.7. The molecule has 0 radical (unpaired) electrons. The van der Waals surface area contributed by atoms with Crippen molar-refractivity contribution in [2.24, 2.45) is 0 Å². The molecule has 0 bridgehead atoms. The van der Waals surface area contributed by atoms with Gasteiger partial charge in [0.1, 0.15) is 0 Å². The van der Waals surface area contributed by atoms with Crippen LogP contribution in [0.15, 0.2) is 23.1 Å². The molecular formula is C16H22N4O4S. The summed E-state index contributed by atoms with van der Waals surface area (Å²) in [6.45, 7) is 4.11. The van der Waals surface area contributed by atoms with E-state index in [0.29, 0.717) is 38.2 Å². The number of rotatable bonds is 3. The van der Waals surface area contributed by atoms with Crippen LogP contribution in [0.1, 0.15) is 22.8 Å². The molecule has 136 valence electrons. The van der Waals surface area contributed by atoms with Crippen molar-refractivity contribution in [2.75, 3.05) is 39.3 Å². The minimum atomic E-state index is -3.69. The molecule has 1 saturated heterocycles. The van der Waals surface area contributed by atoms with Crippen LogP contribution in [0, 0.1) is 0 Å². The van der Waals surface area contributed by atoms with Gasteiger partial charge in [-0.2, -0.15) is 4.31 Å². The largest absolute Gasteiger partial charge is 0.352 e. The molecule has 3 amide bonds. The molecule has 2 N–H and O–H groups in total. The number of fused-ring (bicyclic) bond motifs is 1. The number of hydrogen-bond acceptors (Lipinski definition) is 4. The normalized spacial score (nSPS) is 18.4. The molecule has 25 heavy (non-hydrogen) atoms. The zero-order chi connectivity index (χ0) is 18.0. The van der Waals surface area contributed by atoms with Gasteiger partial charge in [0.2, 0.25) is 10.0 Å². The Balaban J connectivity index is 1.76. The molecule has 1 aromatic carbocycles. The molecule has 0 aromatic heterocycles. The lowest BCUT2D eigenvalue weighted by molar-refractivity contribution is 0.0945. The predicted molar refractivity (Wildman–Crippen MR) is 91.9 cm³/mol. The van der Waals surface area contributed by atoms with Crippen LogP contribution < -0.4 is 10.6 Å². The Morgan fingerprint density at radius 2 is 1.96 bits per heavy atom. The quantitative estimate of drug-likeness (QED) is 0.787. The second-order valence-corrected chi connectivity index (χ2v) is 7.99. The Kier molecular flexibility index (Phi) is 4.96. The van der Waals surface area contributed by atoms with E-state index in [4.69, 9.17) is 0 Å². The standard InChI is InChI=1S/C16H22N4O4S/c1-2-17-16(22)19-7-9-20(10-8-19)25(23,24)13-4-3-12-5-6-18-15(21)14(12)11-13/h3-4,11H,2,5-10H2,1H3,(H,17,22)(H,18,21). The van der Waals surface area contributed by atoms with Crippen LogP contribution in [0.3, 0.4) is 0 Å². The molecule has 0 aliphatic carbocycles. The summed E-state index contributed by atoms with van der Waals surface area (Å²) in [5.41, 5.74) is 1.29. The predicted octanol–water partition coefficient (Wildman–Crippen LogP) is 0.00830. The molecule has 0 spiro atoms. The third-order valence-corrected chi connectivity index (χ3v) is 6.39. The van der Waals surface area contributed by atoms with E-state index in [0.717, 1.165) is 5.56 Å². The third kappa shape index (κ3) is 3.47. The highest BCUT2D eigenvalue weighted by molar-refractivity contribution is 7.89. The van der Waals surface area contributed by atoms with Crippen LogP contribution >= 0.6 is 0 Å². The molecule has 9 heteroatoms. The van der Waals surface area contributed by atoms with E-state index in [2.05, 4.69) is 10.6 Å². The summed E-state index contributed by atoms with van der Waals surface area (Å²) in [5, 5.41) is 5.44. The van der Waals surface area contributed by atoms with Crippen LogP contribution in [0.5, 0.6) is 0 Å². The molecule has 0 saturated carbocycles. The van der Waals surface area contributed by atoms with Gasteiger partial charge in [-0.1, -0.05) is 6.07 Å². The zero-order valence-corrected chi connectivity index (χ0v) is 14.9. The maximum absolute atomic E-state index is 12.9. The van der Waals surface area contributed by atoms with E-state index < -0.39 is 10.0 Å². The molecule has 0 unspecified atom stereocenters. The molecule has 0 atom stereocenters. The minimum absolute atomic E-state index is 0.120. The maximum atomic E-state index is 12.9. The Morgan fingerprint density at radius 3 is 2.64 bits per heavy atom. The first-order valence-corrected chi connectivity index (χ1v) is 9.81. The zero-order valence-electron chi connectivity index (χ0n) is 14.1. The summed E-state index contributed by atoms with van der Waals surface area (Å²) in [6, 6.07) is 4.55. The summed E-state index contributed by atoms with van der Waals surface area (Å²) in [4.78, 5) is 25.5. The highest BCUT2D eigenvalue weighted by Gasteiger charge is 2.31. The van der Waals surface area contributed by atoms with E-state index in [1.165, 1.54) is 10.4 Å². The number of urea groups is 1. The number of carbonyl (C=O) groups excluding carboxylic acids is 2.